The summed E-state index contributed by atoms with van der Waals surface area (Å²) >= 11 is 1.23. The normalized spacial score (nSPS) is 9.87. The highest BCUT2D eigenvalue weighted by Crippen LogP contribution is 2.08. The highest BCUT2D eigenvalue weighted by atomic mass is 32.1. The Bertz CT molecular complexity index is 425. The molecule has 0 aliphatic heterocycles. The lowest BCUT2D eigenvalue weighted by Gasteiger charge is -2.03. The number of hydrogen-bond acceptors (Lipinski definition) is 4. The van der Waals surface area contributed by atoms with Gasteiger partial charge in [-0.2, -0.15) is 0 Å². The van der Waals surface area contributed by atoms with E-state index in [2.05, 4.69) is 9.69 Å². The quantitative estimate of drug-likeness (QED) is 0.801. The minimum atomic E-state index is 0.0707. The third-order valence-corrected chi connectivity index (χ3v) is 2.73. The lowest BCUT2D eigenvalue weighted by molar-refractivity contribution is 0.101. The van der Waals surface area contributed by atoms with Crippen LogP contribution >= 0.6 is 11.5 Å². The lowest BCUT2D eigenvalue weighted by atomic mass is 10.3. The van der Waals surface area contributed by atoms with Gasteiger partial charge in [-0.3, -0.25) is 4.79 Å². The van der Waals surface area contributed by atoms with Crippen LogP contribution in [0.3, 0.4) is 0 Å². The summed E-state index contributed by atoms with van der Waals surface area (Å²) in [5.41, 5.74) is 0.954. The van der Waals surface area contributed by atoms with Crippen molar-refractivity contribution in [2.75, 3.05) is 11.9 Å². The van der Waals surface area contributed by atoms with Crippen molar-refractivity contribution in [3.63, 3.8) is 0 Å². The Morgan fingerprint density at radius 1 is 1.27 bits per heavy atom. The second-order valence-electron chi connectivity index (χ2n) is 3.02. The molecule has 76 valence electrons. The van der Waals surface area contributed by atoms with E-state index in [4.69, 9.17) is 0 Å². The summed E-state index contributed by atoms with van der Waals surface area (Å²) in [6.07, 6.45) is 1.64. The van der Waals surface area contributed by atoms with Gasteiger partial charge < -0.3 is 5.32 Å². The van der Waals surface area contributed by atoms with E-state index in [0.29, 0.717) is 11.4 Å². The molecule has 0 aliphatic carbocycles. The number of hydrogen-bond donors (Lipinski definition) is 1. The Kier molecular flexibility index (Phi) is 3.09. The largest absolute Gasteiger partial charge is 0.378 e. The summed E-state index contributed by atoms with van der Waals surface area (Å²) in [5, 5.41) is 3.06. The van der Waals surface area contributed by atoms with Crippen LogP contribution in [0.25, 0.3) is 0 Å². The molecule has 3 nitrogen and oxygen atoms in total. The highest BCUT2D eigenvalue weighted by molar-refractivity contribution is 7.08. The van der Waals surface area contributed by atoms with Gasteiger partial charge in [0.15, 0.2) is 5.78 Å². The van der Waals surface area contributed by atoms with Gasteiger partial charge in [0.25, 0.3) is 0 Å². The van der Waals surface area contributed by atoms with Crippen molar-refractivity contribution < 1.29 is 4.79 Å². The average Bonchev–Trinajstić information content (AvgIpc) is 2.81. The van der Waals surface area contributed by atoms with Crippen molar-refractivity contribution in [3.05, 3.63) is 47.5 Å². The molecule has 15 heavy (non-hydrogen) atoms. The molecule has 0 spiro atoms. The average molecular weight is 218 g/mol. The maximum Gasteiger partial charge on any atom is 0.193 e. The molecule has 0 saturated heterocycles. The van der Waals surface area contributed by atoms with E-state index < -0.39 is 0 Å². The standard InChI is InChI=1S/C11H10N2OS/c14-10(11-6-7-13-15-11)8-12-9-4-2-1-3-5-9/h1-7,12H,8H2. The van der Waals surface area contributed by atoms with Gasteiger partial charge >= 0.3 is 0 Å². The fraction of sp³-hybridized carbons (Fsp3) is 0.0909. The van der Waals surface area contributed by atoms with E-state index in [0.717, 1.165) is 5.69 Å². The van der Waals surface area contributed by atoms with Gasteiger partial charge in [-0.1, -0.05) is 18.2 Å². The number of benzene rings is 1. The Morgan fingerprint density at radius 2 is 2.07 bits per heavy atom. The fourth-order valence-electron chi connectivity index (χ4n) is 1.19. The van der Waals surface area contributed by atoms with Gasteiger partial charge in [-0.05, 0) is 29.7 Å². The second kappa shape index (κ2) is 4.70. The van der Waals surface area contributed by atoms with E-state index in [-0.39, 0.29) is 5.78 Å². The van der Waals surface area contributed by atoms with Gasteiger partial charge in [0.1, 0.15) is 0 Å². The molecule has 0 radical (unpaired) electrons. The second-order valence-corrected chi connectivity index (χ2v) is 3.85. The van der Waals surface area contributed by atoms with Crippen molar-refractivity contribution >= 4 is 23.0 Å². The van der Waals surface area contributed by atoms with Crippen molar-refractivity contribution in [2.24, 2.45) is 0 Å². The molecule has 1 aromatic heterocycles. The van der Waals surface area contributed by atoms with Crippen LogP contribution in [0.5, 0.6) is 0 Å². The summed E-state index contributed by atoms with van der Waals surface area (Å²) in [5.74, 6) is 0.0707. The zero-order valence-electron chi connectivity index (χ0n) is 8.01. The number of carbonyl (C=O) groups excluding carboxylic acids is 1. The smallest absolute Gasteiger partial charge is 0.193 e. The van der Waals surface area contributed by atoms with E-state index in [1.54, 1.807) is 12.3 Å². The monoisotopic (exact) mass is 218 g/mol. The minimum Gasteiger partial charge on any atom is -0.378 e. The first kappa shape index (κ1) is 9.86. The van der Waals surface area contributed by atoms with Crippen LogP contribution in [0.1, 0.15) is 9.67 Å². The molecule has 1 aromatic carbocycles. The third kappa shape index (κ3) is 2.63. The summed E-state index contributed by atoms with van der Waals surface area (Å²) in [6, 6.07) is 11.4. The number of ketones is 1. The van der Waals surface area contributed by atoms with Crippen molar-refractivity contribution in [3.8, 4) is 0 Å². The number of carbonyl (C=O) groups is 1. The maximum atomic E-state index is 11.6. The van der Waals surface area contributed by atoms with E-state index in [1.165, 1.54) is 11.5 Å². The zero-order chi connectivity index (χ0) is 10.5. The molecule has 0 fully saturated rings. The van der Waals surface area contributed by atoms with Crippen LogP contribution in [0, 0.1) is 0 Å². The number of para-hydroxylation sites is 1. The van der Waals surface area contributed by atoms with E-state index >= 15 is 0 Å². The van der Waals surface area contributed by atoms with Crippen LogP contribution in [0.15, 0.2) is 42.6 Å². The van der Waals surface area contributed by atoms with Gasteiger partial charge in [0.05, 0.1) is 11.4 Å². The van der Waals surface area contributed by atoms with E-state index in [1.807, 2.05) is 30.3 Å². The van der Waals surface area contributed by atoms with Crippen LogP contribution in [0.4, 0.5) is 5.69 Å². The zero-order valence-corrected chi connectivity index (χ0v) is 8.83. The number of Topliss-reactive ketones (excluding diaryl/α,β-unsaturated/α-hetero) is 1. The molecule has 0 saturated carbocycles. The third-order valence-electron chi connectivity index (χ3n) is 1.94. The maximum absolute atomic E-state index is 11.6. The number of rotatable bonds is 4. The molecule has 1 N–H and O–H groups in total. The summed E-state index contributed by atoms with van der Waals surface area (Å²) in [7, 11) is 0. The molecule has 4 heteroatoms. The molecule has 0 unspecified atom stereocenters. The van der Waals surface area contributed by atoms with E-state index in [9.17, 15) is 4.79 Å². The number of nitrogens with zero attached hydrogens (tertiary/aromatic N) is 1. The van der Waals surface area contributed by atoms with Gasteiger partial charge in [-0.25, -0.2) is 4.37 Å². The van der Waals surface area contributed by atoms with Crippen molar-refractivity contribution in [2.45, 2.75) is 0 Å². The number of anilines is 1. The van der Waals surface area contributed by atoms with Gasteiger partial charge in [-0.15, -0.1) is 0 Å². The summed E-state index contributed by atoms with van der Waals surface area (Å²) in [4.78, 5) is 12.3. The van der Waals surface area contributed by atoms with Crippen LogP contribution in [-0.2, 0) is 0 Å². The molecule has 0 aliphatic rings. The highest BCUT2D eigenvalue weighted by Gasteiger charge is 2.06. The molecule has 0 atom stereocenters. The van der Waals surface area contributed by atoms with Crippen LogP contribution < -0.4 is 5.32 Å². The fourth-order valence-corrected chi connectivity index (χ4v) is 1.72. The Hall–Kier alpha value is -1.68. The minimum absolute atomic E-state index is 0.0707. The number of nitrogens with one attached hydrogen (secondary N) is 1. The van der Waals surface area contributed by atoms with Crippen molar-refractivity contribution in [1.29, 1.82) is 0 Å². The van der Waals surface area contributed by atoms with Crippen LogP contribution in [0.2, 0.25) is 0 Å². The van der Waals surface area contributed by atoms with Crippen LogP contribution in [-0.4, -0.2) is 16.7 Å². The summed E-state index contributed by atoms with van der Waals surface area (Å²) < 4.78 is 3.89. The first-order valence-corrected chi connectivity index (χ1v) is 5.36. The SMILES string of the molecule is O=C(CNc1ccccc1)c1ccns1. The molecule has 2 rings (SSSR count). The molecule has 0 amide bonds. The lowest BCUT2D eigenvalue weighted by Crippen LogP contribution is -2.12. The first-order valence-electron chi connectivity index (χ1n) is 4.59. The Morgan fingerprint density at radius 3 is 2.73 bits per heavy atom. The predicted octanol–water partition coefficient (Wildman–Crippen LogP) is 2.44. The van der Waals surface area contributed by atoms with Gasteiger partial charge in [0, 0.05) is 11.9 Å². The topological polar surface area (TPSA) is 42.0 Å². The Labute approximate surface area is 91.9 Å². The molecular formula is C11H10N2OS. The molecule has 2 aromatic rings. The molecular weight excluding hydrogens is 208 g/mol. The van der Waals surface area contributed by atoms with Crippen molar-refractivity contribution in [1.82, 2.24) is 4.37 Å². The number of aromatic nitrogens is 1. The molecule has 1 heterocycles. The summed E-state index contributed by atoms with van der Waals surface area (Å²) in [6.45, 7) is 0.312. The molecule has 0 bridgehead atoms. The van der Waals surface area contributed by atoms with Gasteiger partial charge in [0.2, 0.25) is 0 Å². The Balaban J connectivity index is 1.92. The predicted molar refractivity (Wildman–Crippen MR) is 61.4 cm³/mol. The first-order chi connectivity index (χ1) is 7.36.